The number of aliphatic hydroxyl groups excluding tert-OH is 3. The van der Waals surface area contributed by atoms with Gasteiger partial charge in [0.1, 0.15) is 0 Å². The molecule has 0 radical (unpaired) electrons. The second-order valence-electron chi connectivity index (χ2n) is 5.41. The highest BCUT2D eigenvalue weighted by molar-refractivity contribution is 5.03. The number of hydrogen-bond acceptors (Lipinski definition) is 5. The second kappa shape index (κ2) is 5.20. The Morgan fingerprint density at radius 2 is 2.00 bits per heavy atom. The highest BCUT2D eigenvalue weighted by Gasteiger charge is 2.48. The van der Waals surface area contributed by atoms with Crippen LogP contribution in [0.2, 0.25) is 0 Å². The minimum atomic E-state index is -0.859. The van der Waals surface area contributed by atoms with Gasteiger partial charge in [0.15, 0.2) is 0 Å². The fourth-order valence-corrected chi connectivity index (χ4v) is 2.95. The van der Waals surface area contributed by atoms with Gasteiger partial charge in [-0.15, -0.1) is 0 Å². The van der Waals surface area contributed by atoms with Gasteiger partial charge in [0, 0.05) is 25.2 Å². The summed E-state index contributed by atoms with van der Waals surface area (Å²) in [5, 5.41) is 33.3. The van der Waals surface area contributed by atoms with Crippen LogP contribution in [-0.4, -0.2) is 69.7 Å². The summed E-state index contributed by atoms with van der Waals surface area (Å²) in [6, 6.07) is -0.0765. The molecule has 0 spiro atoms. The largest absolute Gasteiger partial charge is 0.391 e. The Kier molecular flexibility index (Phi) is 4.05. The molecular weight excluding hydrogens is 220 g/mol. The summed E-state index contributed by atoms with van der Waals surface area (Å²) in [7, 11) is 0. The SMILES string of the molecule is CCC(C)N[C@H]1CN2CC[C@H](O)C2[C@@H](O)[C@@H]1O. The molecule has 0 aromatic carbocycles. The number of aliphatic hydroxyl groups is 3. The number of hydrogen-bond donors (Lipinski definition) is 4. The van der Waals surface area contributed by atoms with Crippen molar-refractivity contribution in [1.29, 1.82) is 0 Å². The molecule has 0 aliphatic carbocycles. The van der Waals surface area contributed by atoms with E-state index in [2.05, 4.69) is 24.1 Å². The molecular formula is C12H24N2O3. The maximum absolute atomic E-state index is 10.1. The third-order valence-electron chi connectivity index (χ3n) is 4.18. The van der Waals surface area contributed by atoms with E-state index in [1.54, 1.807) is 0 Å². The Bertz CT molecular complexity index is 264. The molecule has 2 aliphatic rings. The predicted octanol–water partition coefficient (Wildman–Crippen LogP) is -1.09. The van der Waals surface area contributed by atoms with E-state index in [4.69, 9.17) is 0 Å². The summed E-state index contributed by atoms with van der Waals surface area (Å²) >= 11 is 0. The topological polar surface area (TPSA) is 76.0 Å². The van der Waals surface area contributed by atoms with Crippen molar-refractivity contribution in [3.8, 4) is 0 Å². The van der Waals surface area contributed by atoms with Gasteiger partial charge >= 0.3 is 0 Å². The van der Waals surface area contributed by atoms with Gasteiger partial charge in [-0.25, -0.2) is 0 Å². The van der Waals surface area contributed by atoms with Crippen molar-refractivity contribution in [3.63, 3.8) is 0 Å². The third-order valence-corrected chi connectivity index (χ3v) is 4.18. The maximum Gasteiger partial charge on any atom is 0.0994 e. The van der Waals surface area contributed by atoms with Gasteiger partial charge in [-0.1, -0.05) is 6.92 Å². The van der Waals surface area contributed by atoms with E-state index < -0.39 is 18.3 Å². The lowest BCUT2D eigenvalue weighted by Crippen LogP contribution is -2.65. The molecule has 4 N–H and O–H groups in total. The van der Waals surface area contributed by atoms with Gasteiger partial charge in [0.25, 0.3) is 0 Å². The average Bonchev–Trinajstić information content (AvgIpc) is 2.67. The average molecular weight is 244 g/mol. The Morgan fingerprint density at radius 3 is 2.65 bits per heavy atom. The minimum Gasteiger partial charge on any atom is -0.391 e. The Balaban J connectivity index is 2.02. The van der Waals surface area contributed by atoms with Crippen molar-refractivity contribution in [2.45, 2.75) is 63.1 Å². The van der Waals surface area contributed by atoms with Crippen molar-refractivity contribution >= 4 is 0 Å². The zero-order chi connectivity index (χ0) is 12.6. The molecule has 0 saturated carbocycles. The first-order valence-corrected chi connectivity index (χ1v) is 6.59. The van der Waals surface area contributed by atoms with E-state index in [1.807, 2.05) is 0 Å². The molecule has 0 amide bonds. The summed E-state index contributed by atoms with van der Waals surface area (Å²) in [5.74, 6) is 0. The Labute approximate surface area is 102 Å². The van der Waals surface area contributed by atoms with E-state index in [0.717, 1.165) is 13.0 Å². The zero-order valence-electron chi connectivity index (χ0n) is 10.6. The van der Waals surface area contributed by atoms with E-state index in [1.165, 1.54) is 0 Å². The highest BCUT2D eigenvalue weighted by atomic mass is 16.3. The van der Waals surface area contributed by atoms with Crippen LogP contribution < -0.4 is 5.32 Å². The van der Waals surface area contributed by atoms with Gasteiger partial charge < -0.3 is 20.6 Å². The number of fused-ring (bicyclic) bond motifs is 1. The Morgan fingerprint density at radius 1 is 1.29 bits per heavy atom. The molecule has 6 atom stereocenters. The number of nitrogens with one attached hydrogen (secondary N) is 1. The molecule has 5 heteroatoms. The summed E-state index contributed by atoms with van der Waals surface area (Å²) < 4.78 is 0. The van der Waals surface area contributed by atoms with Crippen LogP contribution >= 0.6 is 0 Å². The molecule has 2 unspecified atom stereocenters. The van der Waals surface area contributed by atoms with Crippen LogP contribution in [0.25, 0.3) is 0 Å². The van der Waals surface area contributed by atoms with Crippen LogP contribution in [0.1, 0.15) is 26.7 Å². The summed E-state index contributed by atoms with van der Waals surface area (Å²) in [6.45, 7) is 5.66. The first kappa shape index (κ1) is 13.2. The summed E-state index contributed by atoms with van der Waals surface area (Å²) in [4.78, 5) is 2.09. The molecule has 100 valence electrons. The lowest BCUT2D eigenvalue weighted by atomic mass is 9.91. The van der Waals surface area contributed by atoms with Crippen LogP contribution in [0, 0.1) is 0 Å². The summed E-state index contributed by atoms with van der Waals surface area (Å²) in [5.41, 5.74) is 0. The first-order chi connectivity index (χ1) is 8.04. The second-order valence-corrected chi connectivity index (χ2v) is 5.41. The van der Waals surface area contributed by atoms with Gasteiger partial charge in [-0.2, -0.15) is 0 Å². The quantitative estimate of drug-likeness (QED) is 0.508. The van der Waals surface area contributed by atoms with Crippen LogP contribution in [0.15, 0.2) is 0 Å². The van der Waals surface area contributed by atoms with E-state index in [-0.39, 0.29) is 12.1 Å². The molecule has 0 aromatic heterocycles. The van der Waals surface area contributed by atoms with E-state index in [9.17, 15) is 15.3 Å². The molecule has 17 heavy (non-hydrogen) atoms. The van der Waals surface area contributed by atoms with Gasteiger partial charge in [-0.05, 0) is 19.8 Å². The molecule has 5 nitrogen and oxygen atoms in total. The van der Waals surface area contributed by atoms with Crippen molar-refractivity contribution in [3.05, 3.63) is 0 Å². The van der Waals surface area contributed by atoms with E-state index >= 15 is 0 Å². The number of rotatable bonds is 3. The monoisotopic (exact) mass is 244 g/mol. The minimum absolute atomic E-state index is 0.110. The molecule has 0 aromatic rings. The fraction of sp³-hybridized carbons (Fsp3) is 1.00. The van der Waals surface area contributed by atoms with Crippen LogP contribution in [-0.2, 0) is 0 Å². The standard InChI is InChI=1S/C12H24N2O3/c1-3-7(2)13-8-6-14-5-4-9(15)10(14)12(17)11(8)16/h7-13,15-17H,3-6H2,1-2H3/t7?,8-,9-,10?,11+,12+/m0/s1. The number of piperidine rings is 1. The molecule has 0 bridgehead atoms. The fourth-order valence-electron chi connectivity index (χ4n) is 2.95. The number of nitrogens with zero attached hydrogens (tertiary/aromatic N) is 1. The molecule has 2 aliphatic heterocycles. The lowest BCUT2D eigenvalue weighted by Gasteiger charge is -2.44. The third kappa shape index (κ3) is 2.48. The molecule has 2 fully saturated rings. The smallest absolute Gasteiger partial charge is 0.0994 e. The maximum atomic E-state index is 10.1. The van der Waals surface area contributed by atoms with Crippen LogP contribution in [0.3, 0.4) is 0 Å². The Hall–Kier alpha value is -0.200. The normalized spacial score (nSPS) is 44.6. The van der Waals surface area contributed by atoms with Gasteiger partial charge in [-0.3, -0.25) is 4.90 Å². The van der Waals surface area contributed by atoms with Crippen molar-refractivity contribution < 1.29 is 15.3 Å². The first-order valence-electron chi connectivity index (χ1n) is 6.59. The summed E-state index contributed by atoms with van der Waals surface area (Å²) in [6.07, 6.45) is -0.486. The molecule has 2 rings (SSSR count). The highest BCUT2D eigenvalue weighted by Crippen LogP contribution is 2.28. The predicted molar refractivity (Wildman–Crippen MR) is 64.7 cm³/mol. The molecule has 2 saturated heterocycles. The van der Waals surface area contributed by atoms with Crippen LogP contribution in [0.4, 0.5) is 0 Å². The van der Waals surface area contributed by atoms with Crippen molar-refractivity contribution in [2.24, 2.45) is 0 Å². The van der Waals surface area contributed by atoms with Crippen LogP contribution in [0.5, 0.6) is 0 Å². The van der Waals surface area contributed by atoms with Crippen molar-refractivity contribution in [1.82, 2.24) is 10.2 Å². The lowest BCUT2D eigenvalue weighted by molar-refractivity contribution is -0.103. The van der Waals surface area contributed by atoms with Crippen molar-refractivity contribution in [2.75, 3.05) is 13.1 Å². The van der Waals surface area contributed by atoms with Gasteiger partial charge in [0.2, 0.25) is 0 Å². The van der Waals surface area contributed by atoms with E-state index in [0.29, 0.717) is 19.0 Å². The molecule has 2 heterocycles. The zero-order valence-corrected chi connectivity index (χ0v) is 10.6. The van der Waals surface area contributed by atoms with Gasteiger partial charge in [0.05, 0.1) is 24.4 Å².